The first-order valence-electron chi connectivity index (χ1n) is 6.37. The Bertz CT molecular complexity index is 538. The van der Waals surface area contributed by atoms with Gasteiger partial charge in [0.1, 0.15) is 5.69 Å². The van der Waals surface area contributed by atoms with Crippen LogP contribution < -0.4 is 5.32 Å². The van der Waals surface area contributed by atoms with Gasteiger partial charge in [-0.2, -0.15) is 13.2 Å². The molecule has 1 heterocycles. The summed E-state index contributed by atoms with van der Waals surface area (Å²) in [4.78, 5) is 3.32. The van der Waals surface area contributed by atoms with E-state index in [1.54, 1.807) is 0 Å². The van der Waals surface area contributed by atoms with Crippen molar-refractivity contribution in [2.75, 3.05) is 11.9 Å². The number of rotatable bonds is 5. The fraction of sp³-hybridized carbons (Fsp3) is 0.267. The minimum absolute atomic E-state index is 0.445. The van der Waals surface area contributed by atoms with Gasteiger partial charge in [0, 0.05) is 18.4 Å². The van der Waals surface area contributed by atoms with Crippen LogP contribution in [-0.2, 0) is 12.6 Å². The topological polar surface area (TPSA) is 24.9 Å². The fourth-order valence-corrected chi connectivity index (χ4v) is 1.87. The summed E-state index contributed by atoms with van der Waals surface area (Å²) in [5, 5.41) is 2.99. The first-order valence-corrected chi connectivity index (χ1v) is 6.37. The Kier molecular flexibility index (Phi) is 4.61. The van der Waals surface area contributed by atoms with Gasteiger partial charge in [-0.1, -0.05) is 30.3 Å². The van der Waals surface area contributed by atoms with E-state index in [1.807, 2.05) is 30.3 Å². The maximum Gasteiger partial charge on any atom is 0.433 e. The number of aryl methyl sites for hydroxylation is 1. The molecule has 0 radical (unpaired) electrons. The van der Waals surface area contributed by atoms with Crippen LogP contribution in [0.25, 0.3) is 0 Å². The SMILES string of the molecule is FC(F)(F)c1cc(NCCCc2ccccc2)ccn1. The van der Waals surface area contributed by atoms with Gasteiger partial charge in [-0.3, -0.25) is 4.98 Å². The average molecular weight is 280 g/mol. The van der Waals surface area contributed by atoms with Crippen LogP contribution in [0.3, 0.4) is 0 Å². The van der Waals surface area contributed by atoms with Crippen molar-refractivity contribution in [1.29, 1.82) is 0 Å². The van der Waals surface area contributed by atoms with Gasteiger partial charge < -0.3 is 5.32 Å². The average Bonchev–Trinajstić information content (AvgIpc) is 2.44. The third-order valence-electron chi connectivity index (χ3n) is 2.86. The predicted molar refractivity (Wildman–Crippen MR) is 72.5 cm³/mol. The first kappa shape index (κ1) is 14.4. The van der Waals surface area contributed by atoms with Crippen LogP contribution >= 0.6 is 0 Å². The molecule has 0 aliphatic heterocycles. The van der Waals surface area contributed by atoms with E-state index in [1.165, 1.54) is 17.8 Å². The maximum atomic E-state index is 12.5. The van der Waals surface area contributed by atoms with E-state index >= 15 is 0 Å². The molecule has 5 heteroatoms. The highest BCUT2D eigenvalue weighted by atomic mass is 19.4. The number of halogens is 3. The molecule has 0 saturated carbocycles. The molecule has 0 atom stereocenters. The van der Waals surface area contributed by atoms with E-state index in [0.29, 0.717) is 12.2 Å². The lowest BCUT2D eigenvalue weighted by molar-refractivity contribution is -0.141. The van der Waals surface area contributed by atoms with Crippen LogP contribution in [0.2, 0.25) is 0 Å². The predicted octanol–water partition coefficient (Wildman–Crippen LogP) is 4.15. The van der Waals surface area contributed by atoms with E-state index in [9.17, 15) is 13.2 Å². The summed E-state index contributed by atoms with van der Waals surface area (Å²) in [6.45, 7) is 0.621. The number of aromatic nitrogens is 1. The van der Waals surface area contributed by atoms with Crippen molar-refractivity contribution in [1.82, 2.24) is 4.98 Å². The molecule has 1 aromatic heterocycles. The lowest BCUT2D eigenvalue weighted by Crippen LogP contribution is -2.09. The second kappa shape index (κ2) is 6.41. The van der Waals surface area contributed by atoms with Gasteiger partial charge in [-0.15, -0.1) is 0 Å². The van der Waals surface area contributed by atoms with Gasteiger partial charge in [0.05, 0.1) is 0 Å². The van der Waals surface area contributed by atoms with Gasteiger partial charge in [0.25, 0.3) is 0 Å². The summed E-state index contributed by atoms with van der Waals surface area (Å²) in [6, 6.07) is 12.5. The highest BCUT2D eigenvalue weighted by Crippen LogP contribution is 2.28. The van der Waals surface area contributed by atoms with E-state index in [-0.39, 0.29) is 0 Å². The van der Waals surface area contributed by atoms with E-state index < -0.39 is 11.9 Å². The van der Waals surface area contributed by atoms with Crippen molar-refractivity contribution in [3.8, 4) is 0 Å². The molecule has 0 amide bonds. The second-order valence-corrected chi connectivity index (χ2v) is 4.44. The molecule has 106 valence electrons. The monoisotopic (exact) mass is 280 g/mol. The molecule has 0 spiro atoms. The number of benzene rings is 1. The zero-order valence-corrected chi connectivity index (χ0v) is 10.8. The largest absolute Gasteiger partial charge is 0.433 e. The molecule has 2 nitrogen and oxygen atoms in total. The van der Waals surface area contributed by atoms with E-state index in [2.05, 4.69) is 10.3 Å². The summed E-state index contributed by atoms with van der Waals surface area (Å²) in [6.07, 6.45) is -1.48. The molecule has 20 heavy (non-hydrogen) atoms. The Hall–Kier alpha value is -2.04. The van der Waals surface area contributed by atoms with Crippen LogP contribution in [0, 0.1) is 0 Å². The van der Waals surface area contributed by atoms with Gasteiger partial charge >= 0.3 is 6.18 Å². The maximum absolute atomic E-state index is 12.5. The van der Waals surface area contributed by atoms with Gasteiger partial charge in [0.2, 0.25) is 0 Å². The van der Waals surface area contributed by atoms with Crippen LogP contribution in [0.5, 0.6) is 0 Å². The van der Waals surface area contributed by atoms with Gasteiger partial charge in [-0.25, -0.2) is 0 Å². The minimum atomic E-state index is -4.40. The molecule has 0 unspecified atom stereocenters. The third kappa shape index (κ3) is 4.26. The fourth-order valence-electron chi connectivity index (χ4n) is 1.87. The minimum Gasteiger partial charge on any atom is -0.385 e. The normalized spacial score (nSPS) is 11.3. The van der Waals surface area contributed by atoms with E-state index in [4.69, 9.17) is 0 Å². The van der Waals surface area contributed by atoms with Crippen molar-refractivity contribution < 1.29 is 13.2 Å². The molecule has 0 bridgehead atoms. The van der Waals surface area contributed by atoms with Crippen molar-refractivity contribution >= 4 is 5.69 Å². The molecule has 2 rings (SSSR count). The number of alkyl halides is 3. The van der Waals surface area contributed by atoms with Crippen molar-refractivity contribution in [3.05, 3.63) is 59.9 Å². The molecule has 1 N–H and O–H groups in total. The first-order chi connectivity index (χ1) is 9.55. The molecular formula is C15H15F3N2. The Labute approximate surface area is 115 Å². The van der Waals surface area contributed by atoms with Crippen molar-refractivity contribution in [2.45, 2.75) is 19.0 Å². The van der Waals surface area contributed by atoms with Gasteiger partial charge in [-0.05, 0) is 30.5 Å². The lowest BCUT2D eigenvalue weighted by atomic mass is 10.1. The van der Waals surface area contributed by atoms with Crippen LogP contribution in [0.15, 0.2) is 48.7 Å². The Morgan fingerprint density at radius 3 is 2.50 bits per heavy atom. The highest BCUT2D eigenvalue weighted by molar-refractivity contribution is 5.43. The summed E-state index contributed by atoms with van der Waals surface area (Å²) in [5.41, 5.74) is 0.797. The highest BCUT2D eigenvalue weighted by Gasteiger charge is 2.32. The Morgan fingerprint density at radius 2 is 1.80 bits per heavy atom. The zero-order chi connectivity index (χ0) is 14.4. The Balaban J connectivity index is 1.83. The summed E-state index contributed by atoms with van der Waals surface area (Å²) < 4.78 is 37.5. The number of nitrogens with zero attached hydrogens (tertiary/aromatic N) is 1. The molecule has 0 saturated heterocycles. The zero-order valence-electron chi connectivity index (χ0n) is 10.8. The number of hydrogen-bond acceptors (Lipinski definition) is 2. The van der Waals surface area contributed by atoms with Crippen molar-refractivity contribution in [2.24, 2.45) is 0 Å². The standard InChI is InChI=1S/C15H15F3N2/c16-15(17,18)14-11-13(8-10-20-14)19-9-4-7-12-5-2-1-3-6-12/h1-3,5-6,8,10-11H,4,7,9H2,(H,19,20). The summed E-state index contributed by atoms with van der Waals surface area (Å²) in [7, 11) is 0. The van der Waals surface area contributed by atoms with Crippen LogP contribution in [0.4, 0.5) is 18.9 Å². The molecule has 0 fully saturated rings. The molecule has 0 aliphatic carbocycles. The lowest BCUT2D eigenvalue weighted by Gasteiger charge is -2.09. The second-order valence-electron chi connectivity index (χ2n) is 4.44. The summed E-state index contributed by atoms with van der Waals surface area (Å²) in [5.74, 6) is 0. The molecule has 1 aromatic carbocycles. The third-order valence-corrected chi connectivity index (χ3v) is 2.86. The molecule has 0 aliphatic rings. The summed E-state index contributed by atoms with van der Waals surface area (Å²) >= 11 is 0. The smallest absolute Gasteiger partial charge is 0.385 e. The van der Waals surface area contributed by atoms with E-state index in [0.717, 1.165) is 18.9 Å². The quantitative estimate of drug-likeness (QED) is 0.832. The number of pyridine rings is 1. The number of hydrogen-bond donors (Lipinski definition) is 1. The Morgan fingerprint density at radius 1 is 1.05 bits per heavy atom. The van der Waals surface area contributed by atoms with Crippen LogP contribution in [-0.4, -0.2) is 11.5 Å². The van der Waals surface area contributed by atoms with Crippen LogP contribution in [0.1, 0.15) is 17.7 Å². The number of anilines is 1. The molecule has 2 aromatic rings. The molecular weight excluding hydrogens is 265 g/mol. The van der Waals surface area contributed by atoms with Crippen molar-refractivity contribution in [3.63, 3.8) is 0 Å². The number of nitrogens with one attached hydrogen (secondary N) is 1. The van der Waals surface area contributed by atoms with Gasteiger partial charge in [0.15, 0.2) is 0 Å².